The summed E-state index contributed by atoms with van der Waals surface area (Å²) < 4.78 is 11.1. The van der Waals surface area contributed by atoms with Crippen LogP contribution >= 0.6 is 11.6 Å². The van der Waals surface area contributed by atoms with Crippen molar-refractivity contribution in [1.82, 2.24) is 4.90 Å². The minimum Gasteiger partial charge on any atom is -0.497 e. The van der Waals surface area contributed by atoms with Crippen LogP contribution in [-0.2, 0) is 11.4 Å². The lowest BCUT2D eigenvalue weighted by molar-refractivity contribution is -0.141. The van der Waals surface area contributed by atoms with E-state index in [-0.39, 0.29) is 12.5 Å². The number of likely N-dealkylation sites (tertiary alicyclic amines) is 1. The Bertz CT molecular complexity index is 1160. The zero-order valence-electron chi connectivity index (χ0n) is 18.2. The molecule has 0 spiro atoms. The first-order chi connectivity index (χ1) is 16.0. The number of carboxylic acids is 1. The van der Waals surface area contributed by atoms with E-state index in [1.165, 1.54) is 4.90 Å². The molecule has 4 rings (SSSR count). The summed E-state index contributed by atoms with van der Waals surface area (Å²) in [6, 6.07) is 19.2. The molecule has 1 N–H and O–H groups in total. The lowest BCUT2D eigenvalue weighted by Crippen LogP contribution is -2.40. The molecule has 1 fully saturated rings. The molecule has 1 unspecified atom stereocenters. The van der Waals surface area contributed by atoms with Gasteiger partial charge >= 0.3 is 5.97 Å². The van der Waals surface area contributed by atoms with Crippen molar-refractivity contribution in [1.29, 1.82) is 0 Å². The van der Waals surface area contributed by atoms with Gasteiger partial charge in [-0.3, -0.25) is 4.79 Å². The second-order valence-corrected chi connectivity index (χ2v) is 8.22. The van der Waals surface area contributed by atoms with Crippen LogP contribution in [0, 0.1) is 0 Å². The molecular formula is C26H24ClNO5. The number of carboxylic acid groups (broad SMARTS) is 1. The number of benzene rings is 3. The maximum Gasteiger partial charge on any atom is 0.326 e. The number of carbonyl (C=O) groups excluding carboxylic acids is 1. The van der Waals surface area contributed by atoms with E-state index >= 15 is 0 Å². The number of amides is 1. The molecule has 170 valence electrons. The van der Waals surface area contributed by atoms with Crippen LogP contribution in [0.2, 0.25) is 5.02 Å². The number of rotatable bonds is 7. The molecule has 3 aromatic carbocycles. The normalized spacial score (nSPS) is 15.3. The molecule has 1 amide bonds. The number of carbonyl (C=O) groups is 2. The number of hydrogen-bond donors (Lipinski definition) is 1. The minimum absolute atomic E-state index is 0.267. The smallest absolute Gasteiger partial charge is 0.326 e. The molecule has 0 aromatic heterocycles. The van der Waals surface area contributed by atoms with Crippen LogP contribution in [0.1, 0.15) is 28.8 Å². The molecule has 1 aliphatic rings. The van der Waals surface area contributed by atoms with Gasteiger partial charge in [0.05, 0.1) is 7.11 Å². The molecule has 0 saturated carbocycles. The molecule has 0 aliphatic carbocycles. The summed E-state index contributed by atoms with van der Waals surface area (Å²) in [5.41, 5.74) is 2.82. The number of hydrogen-bond acceptors (Lipinski definition) is 4. The van der Waals surface area contributed by atoms with Crippen molar-refractivity contribution in [2.24, 2.45) is 0 Å². The highest BCUT2D eigenvalue weighted by Gasteiger charge is 2.34. The van der Waals surface area contributed by atoms with Gasteiger partial charge in [-0.05, 0) is 66.4 Å². The topological polar surface area (TPSA) is 76.1 Å². The summed E-state index contributed by atoms with van der Waals surface area (Å²) in [4.78, 5) is 26.2. The van der Waals surface area contributed by atoms with E-state index in [1.807, 2.05) is 48.5 Å². The molecule has 33 heavy (non-hydrogen) atoms. The fourth-order valence-corrected chi connectivity index (χ4v) is 4.27. The highest BCUT2D eigenvalue weighted by molar-refractivity contribution is 6.33. The highest BCUT2D eigenvalue weighted by atomic mass is 35.5. The lowest BCUT2D eigenvalue weighted by Gasteiger charge is -2.22. The van der Waals surface area contributed by atoms with Crippen molar-refractivity contribution in [2.75, 3.05) is 13.7 Å². The monoisotopic (exact) mass is 465 g/mol. The van der Waals surface area contributed by atoms with Crippen molar-refractivity contribution in [3.8, 4) is 22.6 Å². The Kier molecular flexibility index (Phi) is 6.84. The van der Waals surface area contributed by atoms with Crippen LogP contribution in [0.15, 0.2) is 66.7 Å². The second kappa shape index (κ2) is 9.96. The van der Waals surface area contributed by atoms with E-state index in [9.17, 15) is 14.7 Å². The van der Waals surface area contributed by atoms with Crippen LogP contribution < -0.4 is 9.47 Å². The fraction of sp³-hybridized carbons (Fsp3) is 0.231. The average molecular weight is 466 g/mol. The Morgan fingerprint density at radius 3 is 2.45 bits per heavy atom. The summed E-state index contributed by atoms with van der Waals surface area (Å²) in [5.74, 6) is 0.151. The Hall–Kier alpha value is -3.51. The molecule has 1 atom stereocenters. The maximum absolute atomic E-state index is 13.2. The molecule has 0 radical (unpaired) electrons. The van der Waals surface area contributed by atoms with Crippen LogP contribution in [0.25, 0.3) is 11.1 Å². The number of methoxy groups -OCH3 is 1. The summed E-state index contributed by atoms with van der Waals surface area (Å²) in [5, 5.41) is 10.0. The van der Waals surface area contributed by atoms with Gasteiger partial charge in [0.2, 0.25) is 0 Å². The third-order valence-corrected chi connectivity index (χ3v) is 6.10. The van der Waals surface area contributed by atoms with Crippen LogP contribution in [-0.4, -0.2) is 41.6 Å². The van der Waals surface area contributed by atoms with Gasteiger partial charge < -0.3 is 19.5 Å². The summed E-state index contributed by atoms with van der Waals surface area (Å²) in [6.07, 6.45) is 1.14. The molecule has 6 nitrogen and oxygen atoms in total. The van der Waals surface area contributed by atoms with Crippen molar-refractivity contribution >= 4 is 23.5 Å². The first kappa shape index (κ1) is 22.7. The van der Waals surface area contributed by atoms with Gasteiger partial charge in [-0.15, -0.1) is 0 Å². The van der Waals surface area contributed by atoms with Crippen LogP contribution in [0.5, 0.6) is 11.5 Å². The molecule has 1 saturated heterocycles. The van der Waals surface area contributed by atoms with E-state index in [4.69, 9.17) is 21.1 Å². The molecule has 3 aromatic rings. The summed E-state index contributed by atoms with van der Waals surface area (Å²) in [6.45, 7) is 0.697. The zero-order valence-corrected chi connectivity index (χ0v) is 18.9. The van der Waals surface area contributed by atoms with E-state index in [1.54, 1.807) is 25.3 Å². The number of ether oxygens (including phenoxy) is 2. The third-order valence-electron chi connectivity index (χ3n) is 5.77. The average Bonchev–Trinajstić information content (AvgIpc) is 3.33. The van der Waals surface area contributed by atoms with Crippen LogP contribution in [0.3, 0.4) is 0 Å². The van der Waals surface area contributed by atoms with E-state index < -0.39 is 12.0 Å². The molecule has 1 heterocycles. The Morgan fingerprint density at radius 1 is 1.03 bits per heavy atom. The number of halogens is 1. The standard InChI is InChI=1S/C26H24ClNO5/c1-32-19-10-12-20(13-11-19)33-16-18-9-8-17(15-22(18)21-5-2-3-6-23(21)27)25(29)28-14-4-7-24(28)26(30)31/h2-3,5-6,8-13,15,24H,4,7,14,16H2,1H3,(H,30,31). The maximum atomic E-state index is 13.2. The van der Waals surface area contributed by atoms with Gasteiger partial charge in [0.1, 0.15) is 24.1 Å². The molecular weight excluding hydrogens is 442 g/mol. The van der Waals surface area contributed by atoms with E-state index in [0.29, 0.717) is 35.7 Å². The van der Waals surface area contributed by atoms with Gasteiger partial charge in [-0.25, -0.2) is 4.79 Å². The molecule has 0 bridgehead atoms. The predicted octanol–water partition coefficient (Wildman–Crippen LogP) is 5.28. The van der Waals surface area contributed by atoms with E-state index in [0.717, 1.165) is 22.4 Å². The van der Waals surface area contributed by atoms with Gasteiger partial charge in [0.25, 0.3) is 5.91 Å². The van der Waals surface area contributed by atoms with Gasteiger partial charge in [-0.2, -0.15) is 0 Å². The predicted molar refractivity (Wildman–Crippen MR) is 126 cm³/mol. The Labute approximate surface area is 197 Å². The van der Waals surface area contributed by atoms with Crippen molar-refractivity contribution in [3.05, 3.63) is 82.9 Å². The van der Waals surface area contributed by atoms with Gasteiger partial charge in [0.15, 0.2) is 0 Å². The number of aliphatic carboxylic acids is 1. The Balaban J connectivity index is 1.66. The van der Waals surface area contributed by atoms with Gasteiger partial charge in [-0.1, -0.05) is 35.9 Å². The van der Waals surface area contributed by atoms with Gasteiger partial charge in [0, 0.05) is 22.7 Å². The van der Waals surface area contributed by atoms with Crippen molar-refractivity contribution in [3.63, 3.8) is 0 Å². The zero-order chi connectivity index (χ0) is 23.4. The lowest BCUT2D eigenvalue weighted by atomic mass is 9.97. The quantitative estimate of drug-likeness (QED) is 0.513. The second-order valence-electron chi connectivity index (χ2n) is 7.81. The summed E-state index contributed by atoms with van der Waals surface area (Å²) >= 11 is 6.48. The molecule has 1 aliphatic heterocycles. The number of nitrogens with zero attached hydrogens (tertiary/aromatic N) is 1. The highest BCUT2D eigenvalue weighted by Crippen LogP contribution is 2.33. The Morgan fingerprint density at radius 2 is 1.76 bits per heavy atom. The fourth-order valence-electron chi connectivity index (χ4n) is 4.03. The SMILES string of the molecule is COc1ccc(OCc2ccc(C(=O)N3CCCC3C(=O)O)cc2-c2ccccc2Cl)cc1. The van der Waals surface area contributed by atoms with E-state index in [2.05, 4.69) is 0 Å². The summed E-state index contributed by atoms with van der Waals surface area (Å²) in [7, 11) is 1.61. The van der Waals surface area contributed by atoms with Crippen molar-refractivity contribution in [2.45, 2.75) is 25.5 Å². The minimum atomic E-state index is -0.975. The first-order valence-electron chi connectivity index (χ1n) is 10.7. The van der Waals surface area contributed by atoms with Crippen LogP contribution in [0.4, 0.5) is 0 Å². The third kappa shape index (κ3) is 4.96. The van der Waals surface area contributed by atoms with Crippen molar-refractivity contribution < 1.29 is 24.2 Å². The largest absolute Gasteiger partial charge is 0.497 e. The molecule has 7 heteroatoms. The first-order valence-corrected chi connectivity index (χ1v) is 11.0.